The Morgan fingerprint density at radius 3 is 2.56 bits per heavy atom. The lowest BCUT2D eigenvalue weighted by Crippen LogP contribution is -2.63. The summed E-state index contributed by atoms with van der Waals surface area (Å²) in [5.41, 5.74) is 0.940. The number of nitrogens with zero attached hydrogens (tertiary/aromatic N) is 2. The summed E-state index contributed by atoms with van der Waals surface area (Å²) in [4.78, 5) is 31.1. The number of aliphatic hydroxyl groups is 1. The molecule has 1 aromatic heterocycles. The van der Waals surface area contributed by atoms with E-state index in [2.05, 4.69) is 22.4 Å². The van der Waals surface area contributed by atoms with Crippen LogP contribution in [0.25, 0.3) is 0 Å². The average molecular weight is 438 g/mol. The van der Waals surface area contributed by atoms with Crippen molar-refractivity contribution in [3.8, 4) is 0 Å². The van der Waals surface area contributed by atoms with Gasteiger partial charge < -0.3 is 20.1 Å². The summed E-state index contributed by atoms with van der Waals surface area (Å²) in [7, 11) is 0. The third kappa shape index (κ3) is 5.00. The van der Waals surface area contributed by atoms with Crippen molar-refractivity contribution in [3.05, 3.63) is 65.5 Å². The van der Waals surface area contributed by atoms with Gasteiger partial charge in [0, 0.05) is 32.1 Å². The van der Waals surface area contributed by atoms with Crippen molar-refractivity contribution in [2.75, 3.05) is 19.7 Å². The quantitative estimate of drug-likeness (QED) is 0.766. The summed E-state index contributed by atoms with van der Waals surface area (Å²) < 4.78 is 6.10. The van der Waals surface area contributed by atoms with Crippen molar-refractivity contribution in [1.82, 2.24) is 15.2 Å². The topological polar surface area (TPSA) is 91.8 Å². The number of pyridine rings is 1. The Hall–Kier alpha value is -2.77. The number of likely N-dealkylation sites (tertiary alicyclic amines) is 1. The van der Waals surface area contributed by atoms with Gasteiger partial charge in [0.25, 0.3) is 5.91 Å². The van der Waals surface area contributed by atoms with Crippen LogP contribution in [0, 0.1) is 0 Å². The lowest BCUT2D eigenvalue weighted by molar-refractivity contribution is -0.191. The molecule has 0 aliphatic carbocycles. The normalized spacial score (nSPS) is 24.8. The first-order chi connectivity index (χ1) is 15.3. The SMILES string of the molecule is CC(=O)N[C@H]1CC2(CCN(C(=O)c3cccc(Cc4ccccc4)n3)CC2)OC[C@]1(C)O. The molecule has 2 N–H and O–H groups in total. The maximum atomic E-state index is 13.1. The summed E-state index contributed by atoms with van der Waals surface area (Å²) >= 11 is 0. The fourth-order valence-corrected chi connectivity index (χ4v) is 4.63. The molecule has 2 aliphatic heterocycles. The maximum absolute atomic E-state index is 13.1. The molecular formula is C25H31N3O4. The minimum Gasteiger partial charge on any atom is -0.386 e. The van der Waals surface area contributed by atoms with Crippen LogP contribution in [0.5, 0.6) is 0 Å². The molecule has 0 unspecified atom stereocenters. The van der Waals surface area contributed by atoms with E-state index in [9.17, 15) is 14.7 Å². The lowest BCUT2D eigenvalue weighted by atomic mass is 9.77. The molecule has 0 bridgehead atoms. The second-order valence-electron chi connectivity index (χ2n) is 9.25. The van der Waals surface area contributed by atoms with Gasteiger partial charge in [0.1, 0.15) is 11.3 Å². The number of rotatable bonds is 4. The van der Waals surface area contributed by atoms with Crippen LogP contribution in [0.15, 0.2) is 48.5 Å². The molecule has 2 aliphatic rings. The predicted octanol–water partition coefficient (Wildman–Crippen LogP) is 2.32. The molecule has 7 nitrogen and oxygen atoms in total. The third-order valence-electron chi connectivity index (χ3n) is 6.59. The molecular weight excluding hydrogens is 406 g/mol. The van der Waals surface area contributed by atoms with E-state index in [1.54, 1.807) is 13.0 Å². The van der Waals surface area contributed by atoms with Crippen molar-refractivity contribution in [2.24, 2.45) is 0 Å². The van der Waals surface area contributed by atoms with Gasteiger partial charge >= 0.3 is 0 Å². The van der Waals surface area contributed by atoms with Gasteiger partial charge in [-0.05, 0) is 43.9 Å². The molecule has 2 aromatic rings. The fraction of sp³-hybridized carbons (Fsp3) is 0.480. The highest BCUT2D eigenvalue weighted by atomic mass is 16.5. The number of carbonyl (C=O) groups excluding carboxylic acids is 2. The minimum absolute atomic E-state index is 0.0732. The van der Waals surface area contributed by atoms with Crippen LogP contribution in [-0.4, -0.2) is 63.7 Å². The van der Waals surface area contributed by atoms with Crippen LogP contribution >= 0.6 is 0 Å². The highest BCUT2D eigenvalue weighted by Gasteiger charge is 2.49. The Kier molecular flexibility index (Phi) is 6.31. The summed E-state index contributed by atoms with van der Waals surface area (Å²) in [5, 5.41) is 13.5. The molecule has 1 aromatic carbocycles. The van der Waals surface area contributed by atoms with E-state index in [0.717, 1.165) is 11.3 Å². The monoisotopic (exact) mass is 437 g/mol. The van der Waals surface area contributed by atoms with Crippen LogP contribution in [0.3, 0.4) is 0 Å². The molecule has 3 heterocycles. The number of ether oxygens (including phenoxy) is 1. The Labute approximate surface area is 188 Å². The summed E-state index contributed by atoms with van der Waals surface area (Å²) in [6, 6.07) is 15.3. The van der Waals surface area contributed by atoms with Gasteiger partial charge in [-0.15, -0.1) is 0 Å². The zero-order chi connectivity index (χ0) is 22.8. The highest BCUT2D eigenvalue weighted by Crippen LogP contribution is 2.38. The number of aromatic nitrogens is 1. The van der Waals surface area contributed by atoms with E-state index >= 15 is 0 Å². The molecule has 2 amide bonds. The molecule has 2 fully saturated rings. The smallest absolute Gasteiger partial charge is 0.272 e. The van der Waals surface area contributed by atoms with E-state index in [4.69, 9.17) is 4.74 Å². The Morgan fingerprint density at radius 1 is 1.16 bits per heavy atom. The third-order valence-corrected chi connectivity index (χ3v) is 6.59. The van der Waals surface area contributed by atoms with Crippen molar-refractivity contribution >= 4 is 11.8 Å². The van der Waals surface area contributed by atoms with Crippen molar-refractivity contribution in [2.45, 2.75) is 56.8 Å². The zero-order valence-electron chi connectivity index (χ0n) is 18.7. The lowest BCUT2D eigenvalue weighted by Gasteiger charge is -2.50. The molecule has 170 valence electrons. The Balaban J connectivity index is 1.39. The molecule has 32 heavy (non-hydrogen) atoms. The Bertz CT molecular complexity index is 968. The number of hydrogen-bond acceptors (Lipinski definition) is 5. The van der Waals surface area contributed by atoms with Gasteiger partial charge in [0.05, 0.1) is 18.2 Å². The van der Waals surface area contributed by atoms with Crippen LogP contribution < -0.4 is 5.32 Å². The second kappa shape index (κ2) is 9.00. The Morgan fingerprint density at radius 2 is 1.88 bits per heavy atom. The van der Waals surface area contributed by atoms with Crippen LogP contribution in [0.4, 0.5) is 0 Å². The maximum Gasteiger partial charge on any atom is 0.272 e. The van der Waals surface area contributed by atoms with E-state index < -0.39 is 11.2 Å². The van der Waals surface area contributed by atoms with Crippen LogP contribution in [0.1, 0.15) is 54.9 Å². The molecule has 0 saturated carbocycles. The van der Waals surface area contributed by atoms with Gasteiger partial charge in [-0.2, -0.15) is 0 Å². The molecule has 2 saturated heterocycles. The summed E-state index contributed by atoms with van der Waals surface area (Å²) in [6.07, 6.45) is 2.54. The van der Waals surface area contributed by atoms with Gasteiger partial charge in [0.15, 0.2) is 0 Å². The van der Waals surface area contributed by atoms with Gasteiger partial charge in [-0.25, -0.2) is 4.98 Å². The van der Waals surface area contributed by atoms with E-state index in [1.165, 1.54) is 6.92 Å². The van der Waals surface area contributed by atoms with E-state index in [1.807, 2.05) is 35.2 Å². The molecule has 2 atom stereocenters. The highest BCUT2D eigenvalue weighted by molar-refractivity contribution is 5.92. The predicted molar refractivity (Wildman–Crippen MR) is 120 cm³/mol. The van der Waals surface area contributed by atoms with Gasteiger partial charge in [-0.1, -0.05) is 36.4 Å². The molecule has 4 rings (SSSR count). The number of amides is 2. The number of benzene rings is 1. The molecule has 1 spiro atoms. The van der Waals surface area contributed by atoms with E-state index in [0.29, 0.717) is 44.5 Å². The first-order valence-electron chi connectivity index (χ1n) is 11.2. The van der Waals surface area contributed by atoms with Crippen LogP contribution in [0.2, 0.25) is 0 Å². The number of piperidine rings is 1. The second-order valence-corrected chi connectivity index (χ2v) is 9.25. The number of carbonyl (C=O) groups is 2. The standard InChI is InChI=1S/C25H31N3O4/c1-18(29)26-22-16-25(32-17-24(22,2)31)11-13-28(14-12-25)23(30)21-10-6-9-20(27-21)15-19-7-4-3-5-8-19/h3-10,22,31H,11-17H2,1-2H3,(H,26,29)/t22-,24-/m0/s1. The zero-order valence-corrected chi connectivity index (χ0v) is 18.7. The van der Waals surface area contributed by atoms with Crippen molar-refractivity contribution in [3.63, 3.8) is 0 Å². The summed E-state index contributed by atoms with van der Waals surface area (Å²) in [6.45, 7) is 4.41. The van der Waals surface area contributed by atoms with Crippen LogP contribution in [-0.2, 0) is 16.0 Å². The first kappa shape index (κ1) is 22.4. The minimum atomic E-state index is -1.10. The molecule has 0 radical (unpaired) electrons. The van der Waals surface area contributed by atoms with Gasteiger partial charge in [0.2, 0.25) is 5.91 Å². The number of nitrogens with one attached hydrogen (secondary N) is 1. The first-order valence-corrected chi connectivity index (χ1v) is 11.2. The number of hydrogen-bond donors (Lipinski definition) is 2. The van der Waals surface area contributed by atoms with Crippen molar-refractivity contribution in [1.29, 1.82) is 0 Å². The fourth-order valence-electron chi connectivity index (χ4n) is 4.63. The van der Waals surface area contributed by atoms with E-state index in [-0.39, 0.29) is 24.5 Å². The molecule has 7 heteroatoms. The summed E-state index contributed by atoms with van der Waals surface area (Å²) in [5.74, 6) is -0.239. The largest absolute Gasteiger partial charge is 0.386 e. The van der Waals surface area contributed by atoms with Gasteiger partial charge in [-0.3, -0.25) is 9.59 Å². The van der Waals surface area contributed by atoms with Crippen molar-refractivity contribution < 1.29 is 19.4 Å². The average Bonchev–Trinajstić information content (AvgIpc) is 2.77.